The summed E-state index contributed by atoms with van der Waals surface area (Å²) in [6.45, 7) is 4.81. The number of carbonyl (C=O) groups is 2. The van der Waals surface area contributed by atoms with Gasteiger partial charge in [-0.05, 0) is 72.6 Å². The lowest BCUT2D eigenvalue weighted by Crippen LogP contribution is -2.30. The molecule has 2 aromatic carbocycles. The molecule has 150 valence electrons. The van der Waals surface area contributed by atoms with Gasteiger partial charge in [-0.15, -0.1) is 0 Å². The van der Waals surface area contributed by atoms with E-state index in [-0.39, 0.29) is 16.5 Å². The van der Waals surface area contributed by atoms with Gasteiger partial charge in [-0.3, -0.25) is 4.79 Å². The number of rotatable bonds is 7. The smallest absolute Gasteiger partial charge is 0.338 e. The van der Waals surface area contributed by atoms with E-state index in [0.29, 0.717) is 10.2 Å². The molecular formula is C19H21BrN2O5S. The van der Waals surface area contributed by atoms with Crippen LogP contribution in [-0.2, 0) is 19.6 Å². The highest BCUT2D eigenvalue weighted by Crippen LogP contribution is 2.23. The minimum absolute atomic E-state index is 0.0379. The third-order valence-electron chi connectivity index (χ3n) is 3.50. The zero-order valence-corrected chi connectivity index (χ0v) is 18.1. The Labute approximate surface area is 172 Å². The molecular weight excluding hydrogens is 448 g/mol. The Balaban J connectivity index is 2.01. The van der Waals surface area contributed by atoms with Crippen molar-refractivity contribution in [3.63, 3.8) is 0 Å². The van der Waals surface area contributed by atoms with E-state index >= 15 is 0 Å². The standard InChI is InChI=1S/C19H21BrN2O5S/c1-12(2)22-28(25,26)15-6-4-5-14(10-15)19(24)27-11-18(23)21-17-8-7-13(3)9-16(17)20/h4-10,12,22H,11H2,1-3H3,(H,21,23). The Bertz CT molecular complexity index is 990. The van der Waals surface area contributed by atoms with Gasteiger partial charge in [-0.1, -0.05) is 12.1 Å². The van der Waals surface area contributed by atoms with E-state index in [0.717, 1.165) is 5.56 Å². The van der Waals surface area contributed by atoms with Crippen LogP contribution >= 0.6 is 15.9 Å². The van der Waals surface area contributed by atoms with Crippen molar-refractivity contribution in [3.05, 3.63) is 58.1 Å². The van der Waals surface area contributed by atoms with E-state index in [2.05, 4.69) is 26.0 Å². The number of ether oxygens (including phenoxy) is 1. The molecule has 0 aliphatic carbocycles. The summed E-state index contributed by atoms with van der Waals surface area (Å²) < 4.78 is 32.6. The lowest BCUT2D eigenvalue weighted by molar-refractivity contribution is -0.119. The van der Waals surface area contributed by atoms with Gasteiger partial charge in [-0.2, -0.15) is 0 Å². The van der Waals surface area contributed by atoms with E-state index < -0.39 is 28.5 Å². The van der Waals surface area contributed by atoms with Crippen LogP contribution in [0.2, 0.25) is 0 Å². The van der Waals surface area contributed by atoms with Crippen LogP contribution in [0.25, 0.3) is 0 Å². The van der Waals surface area contributed by atoms with Crippen molar-refractivity contribution in [1.29, 1.82) is 0 Å². The fourth-order valence-electron chi connectivity index (χ4n) is 2.29. The molecule has 2 aromatic rings. The lowest BCUT2D eigenvalue weighted by Gasteiger charge is -2.11. The van der Waals surface area contributed by atoms with E-state index in [4.69, 9.17) is 4.74 Å². The average molecular weight is 469 g/mol. The van der Waals surface area contributed by atoms with E-state index in [1.165, 1.54) is 24.3 Å². The van der Waals surface area contributed by atoms with Gasteiger partial charge in [0.25, 0.3) is 5.91 Å². The maximum Gasteiger partial charge on any atom is 0.338 e. The quantitative estimate of drug-likeness (QED) is 0.607. The normalized spacial score (nSPS) is 11.3. The monoisotopic (exact) mass is 468 g/mol. The molecule has 0 atom stereocenters. The Hall–Kier alpha value is -2.23. The van der Waals surface area contributed by atoms with E-state index in [1.807, 2.05) is 19.1 Å². The summed E-state index contributed by atoms with van der Waals surface area (Å²) in [6, 6.07) is 10.6. The first-order chi connectivity index (χ1) is 13.1. The number of nitrogens with one attached hydrogen (secondary N) is 2. The fourth-order valence-corrected chi connectivity index (χ4v) is 4.18. The molecule has 0 saturated heterocycles. The van der Waals surface area contributed by atoms with Gasteiger partial charge in [0, 0.05) is 10.5 Å². The molecule has 0 radical (unpaired) electrons. The second-order valence-electron chi connectivity index (χ2n) is 6.41. The molecule has 2 rings (SSSR count). The number of sulfonamides is 1. The summed E-state index contributed by atoms with van der Waals surface area (Å²) in [6.07, 6.45) is 0. The number of benzene rings is 2. The van der Waals surface area contributed by atoms with Crippen molar-refractivity contribution in [2.24, 2.45) is 0 Å². The number of hydrogen-bond acceptors (Lipinski definition) is 5. The molecule has 0 aromatic heterocycles. The molecule has 0 fully saturated rings. The maximum absolute atomic E-state index is 12.2. The van der Waals surface area contributed by atoms with Crippen molar-refractivity contribution in [3.8, 4) is 0 Å². The predicted molar refractivity (Wildman–Crippen MR) is 110 cm³/mol. The Morgan fingerprint density at radius 2 is 1.86 bits per heavy atom. The number of amides is 1. The van der Waals surface area contributed by atoms with Gasteiger partial charge in [0.2, 0.25) is 10.0 Å². The van der Waals surface area contributed by atoms with Crippen molar-refractivity contribution < 1.29 is 22.7 Å². The number of carbonyl (C=O) groups excluding carboxylic acids is 2. The molecule has 0 heterocycles. The van der Waals surface area contributed by atoms with Gasteiger partial charge in [0.05, 0.1) is 16.1 Å². The minimum Gasteiger partial charge on any atom is -0.452 e. The van der Waals surface area contributed by atoms with Crippen molar-refractivity contribution >= 4 is 43.5 Å². The Kier molecular flexibility index (Phi) is 7.34. The summed E-state index contributed by atoms with van der Waals surface area (Å²) in [5, 5.41) is 2.63. The molecule has 0 saturated carbocycles. The summed E-state index contributed by atoms with van der Waals surface area (Å²) in [4.78, 5) is 24.2. The van der Waals surface area contributed by atoms with Crippen LogP contribution in [-0.4, -0.2) is 32.9 Å². The molecule has 7 nitrogen and oxygen atoms in total. The summed E-state index contributed by atoms with van der Waals surface area (Å²) in [5.74, 6) is -1.30. The van der Waals surface area contributed by atoms with Crippen LogP contribution in [0.5, 0.6) is 0 Å². The van der Waals surface area contributed by atoms with Crippen LogP contribution in [0, 0.1) is 6.92 Å². The SMILES string of the molecule is Cc1ccc(NC(=O)COC(=O)c2cccc(S(=O)(=O)NC(C)C)c2)c(Br)c1. The second-order valence-corrected chi connectivity index (χ2v) is 8.98. The topological polar surface area (TPSA) is 102 Å². The van der Waals surface area contributed by atoms with Crippen LogP contribution in [0.15, 0.2) is 51.8 Å². The summed E-state index contributed by atoms with van der Waals surface area (Å²) in [7, 11) is -3.74. The second kappa shape index (κ2) is 9.31. The molecule has 28 heavy (non-hydrogen) atoms. The van der Waals surface area contributed by atoms with Gasteiger partial charge in [0.15, 0.2) is 6.61 Å². The van der Waals surface area contributed by atoms with Crippen molar-refractivity contribution in [2.45, 2.75) is 31.7 Å². The third kappa shape index (κ3) is 6.15. The van der Waals surface area contributed by atoms with Crippen LogP contribution in [0.1, 0.15) is 29.8 Å². The Morgan fingerprint density at radius 1 is 1.14 bits per heavy atom. The number of anilines is 1. The molecule has 0 bridgehead atoms. The van der Waals surface area contributed by atoms with Gasteiger partial charge >= 0.3 is 5.97 Å². The first-order valence-corrected chi connectivity index (χ1v) is 10.7. The van der Waals surface area contributed by atoms with Gasteiger partial charge in [-0.25, -0.2) is 17.9 Å². The van der Waals surface area contributed by atoms with Crippen LogP contribution < -0.4 is 10.0 Å². The number of aryl methyl sites for hydroxylation is 1. The lowest BCUT2D eigenvalue weighted by atomic mass is 10.2. The highest BCUT2D eigenvalue weighted by atomic mass is 79.9. The molecule has 0 aliphatic rings. The number of hydrogen-bond donors (Lipinski definition) is 2. The van der Waals surface area contributed by atoms with Crippen LogP contribution in [0.3, 0.4) is 0 Å². The van der Waals surface area contributed by atoms with Crippen molar-refractivity contribution in [2.75, 3.05) is 11.9 Å². The first kappa shape index (κ1) is 22.1. The molecule has 9 heteroatoms. The Morgan fingerprint density at radius 3 is 2.50 bits per heavy atom. The van der Waals surface area contributed by atoms with E-state index in [9.17, 15) is 18.0 Å². The molecule has 0 aliphatic heterocycles. The third-order valence-corrected chi connectivity index (χ3v) is 5.82. The molecule has 0 spiro atoms. The largest absolute Gasteiger partial charge is 0.452 e. The van der Waals surface area contributed by atoms with Gasteiger partial charge < -0.3 is 10.1 Å². The van der Waals surface area contributed by atoms with E-state index in [1.54, 1.807) is 19.9 Å². The average Bonchev–Trinajstić information content (AvgIpc) is 2.61. The fraction of sp³-hybridized carbons (Fsp3) is 0.263. The highest BCUT2D eigenvalue weighted by molar-refractivity contribution is 9.10. The minimum atomic E-state index is -3.74. The van der Waals surface area contributed by atoms with Gasteiger partial charge in [0.1, 0.15) is 0 Å². The zero-order chi connectivity index (χ0) is 20.9. The first-order valence-electron chi connectivity index (χ1n) is 8.44. The molecule has 2 N–H and O–H groups in total. The maximum atomic E-state index is 12.2. The number of halogens is 1. The molecule has 1 amide bonds. The predicted octanol–water partition coefficient (Wildman–Crippen LogP) is 3.24. The van der Waals surface area contributed by atoms with Crippen LogP contribution in [0.4, 0.5) is 5.69 Å². The summed E-state index contributed by atoms with van der Waals surface area (Å²) >= 11 is 3.35. The number of esters is 1. The molecule has 0 unspecified atom stereocenters. The zero-order valence-electron chi connectivity index (χ0n) is 15.7. The summed E-state index contributed by atoms with van der Waals surface area (Å²) in [5.41, 5.74) is 1.62. The highest BCUT2D eigenvalue weighted by Gasteiger charge is 2.18. The van der Waals surface area contributed by atoms with Crippen molar-refractivity contribution in [1.82, 2.24) is 4.72 Å².